The predicted molar refractivity (Wildman–Crippen MR) is 81.4 cm³/mol. The topological polar surface area (TPSA) is 62.5 Å². The van der Waals surface area contributed by atoms with E-state index in [1.165, 1.54) is 32.1 Å². The number of aryl methyl sites for hydroxylation is 1. The molecule has 1 aromatic heterocycles. The Balaban J connectivity index is 1.89. The summed E-state index contributed by atoms with van der Waals surface area (Å²) in [5, 5.41) is 12.4. The lowest BCUT2D eigenvalue weighted by molar-refractivity contribution is 0.0695. The van der Waals surface area contributed by atoms with Gasteiger partial charge in [0.05, 0.1) is 6.54 Å². The van der Waals surface area contributed by atoms with Crippen LogP contribution in [0.25, 0.3) is 0 Å². The quantitative estimate of drug-likeness (QED) is 0.842. The summed E-state index contributed by atoms with van der Waals surface area (Å²) in [5.74, 6) is 0.254. The zero-order valence-electron chi connectivity index (χ0n) is 12.2. The van der Waals surface area contributed by atoms with Crippen molar-refractivity contribution >= 4 is 17.7 Å². The first-order valence-electron chi connectivity index (χ1n) is 7.15. The van der Waals surface area contributed by atoms with E-state index in [4.69, 9.17) is 9.52 Å². The lowest BCUT2D eigenvalue weighted by atomic mass is 9.88. The van der Waals surface area contributed by atoms with Crippen LogP contribution in [0.4, 0.5) is 0 Å². The maximum absolute atomic E-state index is 11.0. The molecule has 112 valence electrons. The smallest absolute Gasteiger partial charge is 0.339 e. The maximum Gasteiger partial charge on any atom is 0.339 e. The van der Waals surface area contributed by atoms with E-state index in [1.807, 2.05) is 11.8 Å². The molecule has 20 heavy (non-hydrogen) atoms. The Morgan fingerprint density at radius 2 is 2.15 bits per heavy atom. The Hall–Kier alpha value is -0.940. The van der Waals surface area contributed by atoms with Gasteiger partial charge >= 0.3 is 5.97 Å². The molecule has 2 N–H and O–H groups in total. The largest absolute Gasteiger partial charge is 0.478 e. The first kappa shape index (κ1) is 15.4. The Kier molecular flexibility index (Phi) is 5.16. The second kappa shape index (κ2) is 6.68. The molecule has 1 aliphatic rings. The van der Waals surface area contributed by atoms with E-state index in [-0.39, 0.29) is 5.56 Å². The van der Waals surface area contributed by atoms with Crippen LogP contribution in [0.3, 0.4) is 0 Å². The van der Waals surface area contributed by atoms with E-state index >= 15 is 0 Å². The molecule has 0 saturated heterocycles. The molecule has 0 spiro atoms. The van der Waals surface area contributed by atoms with Gasteiger partial charge in [0, 0.05) is 11.3 Å². The molecule has 2 rings (SSSR count). The van der Waals surface area contributed by atoms with Crippen LogP contribution < -0.4 is 5.32 Å². The molecule has 0 atom stereocenters. The normalized spacial score (nSPS) is 18.1. The van der Waals surface area contributed by atoms with Crippen LogP contribution in [0.5, 0.6) is 0 Å². The van der Waals surface area contributed by atoms with E-state index < -0.39 is 5.97 Å². The molecule has 1 aliphatic carbocycles. The van der Waals surface area contributed by atoms with Crippen molar-refractivity contribution in [1.82, 2.24) is 5.32 Å². The Morgan fingerprint density at radius 3 is 2.70 bits per heavy atom. The number of thioether (sulfide) groups is 1. The summed E-state index contributed by atoms with van der Waals surface area (Å²) in [6, 6.07) is 1.62. The first-order valence-corrected chi connectivity index (χ1v) is 8.37. The Labute approximate surface area is 124 Å². The summed E-state index contributed by atoms with van der Waals surface area (Å²) in [6.45, 7) is 3.24. The summed E-state index contributed by atoms with van der Waals surface area (Å²) in [4.78, 5) is 11.0. The van der Waals surface area contributed by atoms with Gasteiger partial charge in [-0.05, 0) is 32.1 Å². The summed E-state index contributed by atoms with van der Waals surface area (Å²) in [5.41, 5.74) is 0.263. The third-order valence-electron chi connectivity index (χ3n) is 4.14. The number of carboxylic acid groups (broad SMARTS) is 1. The highest BCUT2D eigenvalue weighted by atomic mass is 32.2. The third-order valence-corrected chi connectivity index (χ3v) is 5.56. The maximum atomic E-state index is 11.0. The first-order chi connectivity index (χ1) is 9.56. The molecule has 0 amide bonds. The van der Waals surface area contributed by atoms with Crippen molar-refractivity contribution in [3.63, 3.8) is 0 Å². The number of furan rings is 1. The molecule has 5 heteroatoms. The van der Waals surface area contributed by atoms with Gasteiger partial charge in [0.2, 0.25) is 0 Å². The Morgan fingerprint density at radius 1 is 1.45 bits per heavy atom. The minimum absolute atomic E-state index is 0.263. The van der Waals surface area contributed by atoms with Crippen LogP contribution in [0, 0.1) is 6.92 Å². The summed E-state index contributed by atoms with van der Waals surface area (Å²) >= 11 is 1.95. The lowest BCUT2D eigenvalue weighted by Crippen LogP contribution is -2.39. The molecule has 4 nitrogen and oxygen atoms in total. The zero-order valence-corrected chi connectivity index (χ0v) is 13.0. The van der Waals surface area contributed by atoms with Crippen LogP contribution in [0.15, 0.2) is 10.5 Å². The lowest BCUT2D eigenvalue weighted by Gasteiger charge is -2.35. The van der Waals surface area contributed by atoms with E-state index in [0.29, 0.717) is 22.8 Å². The molecule has 0 radical (unpaired) electrons. The standard InChI is InChI=1S/C15H23NO3S/c1-11-13(14(17)18)8-12(19-11)9-16-10-15(20-2)6-4-3-5-7-15/h8,16H,3-7,9-10H2,1-2H3,(H,17,18). The molecule has 0 unspecified atom stereocenters. The van der Waals surface area contributed by atoms with Gasteiger partial charge in [-0.2, -0.15) is 11.8 Å². The van der Waals surface area contributed by atoms with Crippen molar-refractivity contribution in [2.75, 3.05) is 12.8 Å². The SMILES string of the molecule is CSC1(CNCc2cc(C(=O)O)c(C)o2)CCCCC1. The number of nitrogens with one attached hydrogen (secondary N) is 1. The second-order valence-corrected chi connectivity index (χ2v) is 6.81. The van der Waals surface area contributed by atoms with E-state index in [0.717, 1.165) is 6.54 Å². The average molecular weight is 297 g/mol. The van der Waals surface area contributed by atoms with Gasteiger partial charge in [-0.15, -0.1) is 0 Å². The number of carbonyl (C=O) groups is 1. The minimum Gasteiger partial charge on any atom is -0.478 e. The summed E-state index contributed by atoms with van der Waals surface area (Å²) in [6.07, 6.45) is 8.68. The van der Waals surface area contributed by atoms with E-state index in [9.17, 15) is 4.79 Å². The molecule has 0 bridgehead atoms. The molecule has 0 aromatic carbocycles. The molecule has 1 saturated carbocycles. The van der Waals surface area contributed by atoms with Gasteiger partial charge in [-0.3, -0.25) is 0 Å². The van der Waals surface area contributed by atoms with Crippen molar-refractivity contribution < 1.29 is 14.3 Å². The second-order valence-electron chi connectivity index (χ2n) is 5.54. The fourth-order valence-electron chi connectivity index (χ4n) is 2.91. The van der Waals surface area contributed by atoms with Crippen molar-refractivity contribution in [2.24, 2.45) is 0 Å². The van der Waals surface area contributed by atoms with Gasteiger partial charge in [0.25, 0.3) is 0 Å². The molecular weight excluding hydrogens is 274 g/mol. The van der Waals surface area contributed by atoms with Crippen LogP contribution in [0.2, 0.25) is 0 Å². The van der Waals surface area contributed by atoms with Crippen LogP contribution in [-0.2, 0) is 6.54 Å². The van der Waals surface area contributed by atoms with Gasteiger partial charge in [-0.1, -0.05) is 19.3 Å². The van der Waals surface area contributed by atoms with Gasteiger partial charge in [0.15, 0.2) is 0 Å². The van der Waals surface area contributed by atoms with Gasteiger partial charge in [0.1, 0.15) is 17.1 Å². The molecule has 0 aliphatic heterocycles. The fraction of sp³-hybridized carbons (Fsp3) is 0.667. The van der Waals surface area contributed by atoms with Crippen molar-refractivity contribution in [3.05, 3.63) is 23.2 Å². The number of carboxylic acids is 1. The summed E-state index contributed by atoms with van der Waals surface area (Å²) in [7, 11) is 0. The van der Waals surface area contributed by atoms with Crippen molar-refractivity contribution in [2.45, 2.75) is 50.3 Å². The van der Waals surface area contributed by atoms with Crippen LogP contribution in [-0.4, -0.2) is 28.6 Å². The highest BCUT2D eigenvalue weighted by Gasteiger charge is 2.30. The zero-order chi connectivity index (χ0) is 14.6. The number of hydrogen-bond acceptors (Lipinski definition) is 4. The Bertz CT molecular complexity index is 464. The van der Waals surface area contributed by atoms with Gasteiger partial charge < -0.3 is 14.8 Å². The highest BCUT2D eigenvalue weighted by molar-refractivity contribution is 8.00. The average Bonchev–Trinajstić information content (AvgIpc) is 2.81. The summed E-state index contributed by atoms with van der Waals surface area (Å²) < 4.78 is 5.82. The molecule has 1 heterocycles. The minimum atomic E-state index is -0.926. The number of hydrogen-bond donors (Lipinski definition) is 2. The van der Waals surface area contributed by atoms with Crippen LogP contribution in [0.1, 0.15) is 54.0 Å². The van der Waals surface area contributed by atoms with Crippen LogP contribution >= 0.6 is 11.8 Å². The molecular formula is C15H23NO3S. The van der Waals surface area contributed by atoms with E-state index in [1.54, 1.807) is 13.0 Å². The molecule has 1 fully saturated rings. The monoisotopic (exact) mass is 297 g/mol. The predicted octanol–water partition coefficient (Wildman–Crippen LogP) is 3.44. The third kappa shape index (κ3) is 3.58. The van der Waals surface area contributed by atoms with E-state index in [2.05, 4.69) is 11.6 Å². The van der Waals surface area contributed by atoms with Gasteiger partial charge in [-0.25, -0.2) is 4.79 Å². The highest BCUT2D eigenvalue weighted by Crippen LogP contribution is 2.38. The number of rotatable bonds is 6. The fourth-order valence-corrected chi connectivity index (χ4v) is 3.85. The molecule has 1 aromatic rings. The van der Waals surface area contributed by atoms with Crippen molar-refractivity contribution in [3.8, 4) is 0 Å². The number of aromatic carboxylic acids is 1. The van der Waals surface area contributed by atoms with Crippen molar-refractivity contribution in [1.29, 1.82) is 0 Å².